The van der Waals surface area contributed by atoms with E-state index in [0.29, 0.717) is 0 Å². The van der Waals surface area contributed by atoms with Crippen molar-refractivity contribution in [1.29, 1.82) is 5.41 Å². The number of nitrogens with two attached hydrogens (primary N) is 1. The fraction of sp³-hybridized carbons (Fsp3) is 0.200. The van der Waals surface area contributed by atoms with Gasteiger partial charge in [0, 0.05) is 6.92 Å². The molecule has 0 aliphatic rings. The summed E-state index contributed by atoms with van der Waals surface area (Å²) in [6, 6.07) is 0. The average Bonchev–Trinajstić information content (AvgIpc) is 1.63. The van der Waals surface area contributed by atoms with Crippen LogP contribution in [0.2, 0.25) is 0 Å². The number of hydrogen-bond donors (Lipinski definition) is 3. The molecule has 0 atom stereocenters. The highest BCUT2D eigenvalue weighted by molar-refractivity contribution is 6.01. The van der Waals surface area contributed by atoms with E-state index < -0.39 is 0 Å². The molecule has 0 saturated carbocycles. The summed E-state index contributed by atoms with van der Waals surface area (Å²) in [6.07, 6.45) is 2.49. The van der Waals surface area contributed by atoms with Crippen molar-refractivity contribution in [1.82, 2.24) is 5.32 Å². The summed E-state index contributed by atoms with van der Waals surface area (Å²) < 4.78 is 0. The molecule has 0 radical (unpaired) electrons. The molecule has 1 amide bonds. The molecule has 4 nitrogen and oxygen atoms in total. The SMILES string of the molecule is CC(=O)NC(=N)/C=C\N. The molecule has 0 saturated heterocycles. The minimum Gasteiger partial charge on any atom is -0.404 e. The van der Waals surface area contributed by atoms with Crippen molar-refractivity contribution in [3.8, 4) is 0 Å². The summed E-state index contributed by atoms with van der Waals surface area (Å²) in [5, 5.41) is 9.14. The smallest absolute Gasteiger partial charge is 0.222 e. The predicted molar refractivity (Wildman–Crippen MR) is 34.9 cm³/mol. The van der Waals surface area contributed by atoms with Gasteiger partial charge in [0.1, 0.15) is 5.84 Å². The Labute approximate surface area is 53.2 Å². The first kappa shape index (κ1) is 7.68. The van der Waals surface area contributed by atoms with Crippen molar-refractivity contribution < 1.29 is 4.79 Å². The lowest BCUT2D eigenvalue weighted by Crippen LogP contribution is -2.25. The van der Waals surface area contributed by atoms with Crippen LogP contribution in [-0.4, -0.2) is 11.7 Å². The molecule has 0 heterocycles. The first-order valence-corrected chi connectivity index (χ1v) is 2.41. The Morgan fingerprint density at radius 1 is 1.78 bits per heavy atom. The van der Waals surface area contributed by atoms with Gasteiger partial charge in [-0.1, -0.05) is 0 Å². The Bertz CT molecular complexity index is 150. The Morgan fingerprint density at radius 3 is 2.67 bits per heavy atom. The van der Waals surface area contributed by atoms with Gasteiger partial charge < -0.3 is 11.1 Å². The summed E-state index contributed by atoms with van der Waals surface area (Å²) in [5.41, 5.74) is 4.93. The van der Waals surface area contributed by atoms with Crippen LogP contribution in [0.5, 0.6) is 0 Å². The lowest BCUT2D eigenvalue weighted by Gasteiger charge is -1.94. The third-order valence-electron chi connectivity index (χ3n) is 0.574. The molecule has 0 unspecified atom stereocenters. The molecule has 0 aliphatic heterocycles. The molecule has 4 N–H and O–H groups in total. The normalized spacial score (nSPS) is 9.44. The van der Waals surface area contributed by atoms with Gasteiger partial charge in [-0.15, -0.1) is 0 Å². The summed E-state index contributed by atoms with van der Waals surface area (Å²) in [5.74, 6) is -0.261. The molecule has 50 valence electrons. The van der Waals surface area contributed by atoms with Crippen LogP contribution in [0.25, 0.3) is 0 Å². The zero-order valence-corrected chi connectivity index (χ0v) is 5.14. The molecule has 0 rings (SSSR count). The molecular formula is C5H9N3O. The molecule has 0 bridgehead atoms. The Balaban J connectivity index is 3.64. The van der Waals surface area contributed by atoms with Crippen LogP contribution in [0.15, 0.2) is 12.3 Å². The summed E-state index contributed by atoms with van der Waals surface area (Å²) in [4.78, 5) is 10.2. The zero-order valence-electron chi connectivity index (χ0n) is 5.14. The van der Waals surface area contributed by atoms with Crippen LogP contribution in [0, 0.1) is 5.41 Å². The van der Waals surface area contributed by atoms with Crippen LogP contribution in [0.3, 0.4) is 0 Å². The highest BCUT2D eigenvalue weighted by Gasteiger charge is 1.90. The second kappa shape index (κ2) is 3.65. The molecule has 0 fully saturated rings. The lowest BCUT2D eigenvalue weighted by atomic mass is 10.5. The maximum atomic E-state index is 10.2. The van der Waals surface area contributed by atoms with Crippen LogP contribution in [0.4, 0.5) is 0 Å². The average molecular weight is 127 g/mol. The highest BCUT2D eigenvalue weighted by Crippen LogP contribution is 1.68. The topological polar surface area (TPSA) is 79.0 Å². The first-order chi connectivity index (χ1) is 4.16. The zero-order chi connectivity index (χ0) is 7.28. The highest BCUT2D eigenvalue weighted by atomic mass is 16.1. The van der Waals surface area contributed by atoms with Gasteiger partial charge in [0.05, 0.1) is 0 Å². The summed E-state index contributed by atoms with van der Waals surface area (Å²) >= 11 is 0. The van der Waals surface area contributed by atoms with Gasteiger partial charge in [-0.25, -0.2) is 0 Å². The van der Waals surface area contributed by atoms with E-state index in [4.69, 9.17) is 11.1 Å². The molecule has 9 heavy (non-hydrogen) atoms. The van der Waals surface area contributed by atoms with E-state index in [1.54, 1.807) is 0 Å². The Kier molecular flexibility index (Phi) is 3.12. The minimum atomic E-state index is -0.266. The van der Waals surface area contributed by atoms with Gasteiger partial charge in [-0.05, 0) is 12.3 Å². The second-order valence-corrected chi connectivity index (χ2v) is 1.45. The van der Waals surface area contributed by atoms with Crippen LogP contribution >= 0.6 is 0 Å². The number of amides is 1. The molecule has 0 aromatic carbocycles. The number of carbonyl (C=O) groups is 1. The number of nitrogens with one attached hydrogen (secondary N) is 2. The van der Waals surface area contributed by atoms with Gasteiger partial charge in [0.25, 0.3) is 0 Å². The van der Waals surface area contributed by atoms with Gasteiger partial charge >= 0.3 is 0 Å². The van der Waals surface area contributed by atoms with Crippen molar-refractivity contribution in [2.24, 2.45) is 5.73 Å². The quantitative estimate of drug-likeness (QED) is 0.330. The number of hydrogen-bond acceptors (Lipinski definition) is 3. The van der Waals surface area contributed by atoms with E-state index in [1.165, 1.54) is 19.2 Å². The molecule has 0 aliphatic carbocycles. The second-order valence-electron chi connectivity index (χ2n) is 1.45. The van der Waals surface area contributed by atoms with Crippen LogP contribution < -0.4 is 11.1 Å². The monoisotopic (exact) mass is 127 g/mol. The minimum absolute atomic E-state index is 0.00463. The third kappa shape index (κ3) is 4.53. The maximum absolute atomic E-state index is 10.2. The van der Waals surface area contributed by atoms with E-state index in [1.807, 2.05) is 0 Å². The number of amidine groups is 1. The summed E-state index contributed by atoms with van der Waals surface area (Å²) in [7, 11) is 0. The molecule has 0 spiro atoms. The Morgan fingerprint density at radius 2 is 2.33 bits per heavy atom. The predicted octanol–water partition coefficient (Wildman–Crippen LogP) is -0.428. The van der Waals surface area contributed by atoms with Crippen molar-refractivity contribution in [3.63, 3.8) is 0 Å². The van der Waals surface area contributed by atoms with Crippen LogP contribution in [-0.2, 0) is 4.79 Å². The number of carbonyl (C=O) groups excluding carboxylic acids is 1. The van der Waals surface area contributed by atoms with Crippen LogP contribution in [0.1, 0.15) is 6.92 Å². The fourth-order valence-electron chi connectivity index (χ4n) is 0.328. The van der Waals surface area contributed by atoms with Crippen molar-refractivity contribution in [2.45, 2.75) is 6.92 Å². The van der Waals surface area contributed by atoms with E-state index >= 15 is 0 Å². The lowest BCUT2D eigenvalue weighted by molar-refractivity contribution is -0.117. The first-order valence-electron chi connectivity index (χ1n) is 2.41. The number of rotatable bonds is 1. The third-order valence-corrected chi connectivity index (χ3v) is 0.574. The van der Waals surface area contributed by atoms with Gasteiger partial charge in [0.2, 0.25) is 5.91 Å². The molecular weight excluding hydrogens is 118 g/mol. The van der Waals surface area contributed by atoms with Gasteiger partial charge in [-0.3, -0.25) is 10.2 Å². The van der Waals surface area contributed by atoms with Crippen molar-refractivity contribution in [2.75, 3.05) is 0 Å². The summed E-state index contributed by atoms with van der Waals surface area (Å²) in [6.45, 7) is 1.33. The molecule has 0 aromatic heterocycles. The van der Waals surface area contributed by atoms with Crippen molar-refractivity contribution in [3.05, 3.63) is 12.3 Å². The van der Waals surface area contributed by atoms with E-state index in [9.17, 15) is 4.79 Å². The van der Waals surface area contributed by atoms with E-state index in [-0.39, 0.29) is 11.7 Å². The van der Waals surface area contributed by atoms with Gasteiger partial charge in [0.15, 0.2) is 0 Å². The van der Waals surface area contributed by atoms with E-state index in [2.05, 4.69) is 5.32 Å². The van der Waals surface area contributed by atoms with Crippen molar-refractivity contribution >= 4 is 11.7 Å². The Hall–Kier alpha value is -1.32. The molecule has 4 heteroatoms. The fourth-order valence-corrected chi connectivity index (χ4v) is 0.328. The maximum Gasteiger partial charge on any atom is 0.222 e. The standard InChI is InChI=1S/C5H9N3O/c1-4(9)8-5(7)2-3-6/h2-3H,6H2,1H3,(H2,7,8,9)/b3-2-. The molecule has 0 aromatic rings. The largest absolute Gasteiger partial charge is 0.404 e. The van der Waals surface area contributed by atoms with E-state index in [0.717, 1.165) is 0 Å². The van der Waals surface area contributed by atoms with Gasteiger partial charge in [-0.2, -0.15) is 0 Å².